The van der Waals surface area contributed by atoms with Crippen LogP contribution in [-0.4, -0.2) is 40.7 Å². The minimum Gasteiger partial charge on any atom is -0.497 e. The van der Waals surface area contributed by atoms with Gasteiger partial charge in [-0.1, -0.05) is 0 Å². The van der Waals surface area contributed by atoms with Crippen molar-refractivity contribution in [3.8, 4) is 34.0 Å². The third-order valence-corrected chi connectivity index (χ3v) is 3.75. The molecule has 2 N–H and O–H groups in total. The molecule has 3 aromatic rings. The van der Waals surface area contributed by atoms with E-state index in [0.29, 0.717) is 11.4 Å². The van der Waals surface area contributed by atoms with Gasteiger partial charge in [0.25, 0.3) is 0 Å². The quantitative estimate of drug-likeness (QED) is 0.659. The van der Waals surface area contributed by atoms with Crippen molar-refractivity contribution in [3.63, 3.8) is 0 Å². The van der Waals surface area contributed by atoms with Crippen LogP contribution < -0.4 is 14.8 Å². The summed E-state index contributed by atoms with van der Waals surface area (Å²) in [4.78, 5) is 4.54. The molecule has 0 saturated carbocycles. The lowest BCUT2D eigenvalue weighted by Crippen LogP contribution is -2.16. The van der Waals surface area contributed by atoms with E-state index >= 15 is 0 Å². The highest BCUT2D eigenvalue weighted by molar-refractivity contribution is 5.78. The number of methoxy groups -OCH3 is 2. The number of aliphatic hydroxyl groups excluding tert-OH is 1. The maximum Gasteiger partial charge on any atom is 0.245 e. The van der Waals surface area contributed by atoms with Crippen molar-refractivity contribution in [2.45, 2.75) is 13.2 Å². The highest BCUT2D eigenvalue weighted by Crippen LogP contribution is 2.31. The molecule has 0 amide bonds. The number of rotatable bonds is 6. The maximum absolute atomic E-state index is 9.53. The molecule has 0 fully saturated rings. The van der Waals surface area contributed by atoms with Crippen LogP contribution >= 0.6 is 0 Å². The fourth-order valence-electron chi connectivity index (χ4n) is 2.47. The van der Waals surface area contributed by atoms with Gasteiger partial charge in [0.2, 0.25) is 5.95 Å². The van der Waals surface area contributed by atoms with Crippen LogP contribution in [0.4, 0.5) is 5.95 Å². The average molecular weight is 352 g/mol. The van der Waals surface area contributed by atoms with Crippen molar-refractivity contribution in [2.75, 3.05) is 19.5 Å². The number of aliphatic hydroxyl groups is 1. The Morgan fingerprint density at radius 3 is 1.77 bits per heavy atom. The second kappa shape index (κ2) is 7.79. The lowest BCUT2D eigenvalue weighted by atomic mass is 10.0. The van der Waals surface area contributed by atoms with Crippen LogP contribution in [0.5, 0.6) is 11.5 Å². The van der Waals surface area contributed by atoms with Crippen LogP contribution in [0.2, 0.25) is 0 Å². The first-order valence-electron chi connectivity index (χ1n) is 8.09. The van der Waals surface area contributed by atoms with Gasteiger partial charge >= 0.3 is 0 Å². The zero-order valence-electron chi connectivity index (χ0n) is 14.8. The Morgan fingerprint density at radius 2 is 1.31 bits per heavy atom. The lowest BCUT2D eigenvalue weighted by Gasteiger charge is -2.12. The maximum atomic E-state index is 9.53. The fraction of sp³-hybridized carbons (Fsp3) is 0.211. The first-order valence-corrected chi connectivity index (χ1v) is 8.09. The lowest BCUT2D eigenvalue weighted by molar-refractivity contribution is 0.223. The van der Waals surface area contributed by atoms with Crippen LogP contribution in [0.25, 0.3) is 22.5 Å². The van der Waals surface area contributed by atoms with E-state index in [2.05, 4.69) is 20.5 Å². The molecule has 0 saturated heterocycles. The van der Waals surface area contributed by atoms with E-state index in [0.717, 1.165) is 22.6 Å². The molecular formula is C19H20N4O3. The number of nitrogens with one attached hydrogen (secondary N) is 1. The summed E-state index contributed by atoms with van der Waals surface area (Å²) in [6.07, 6.45) is -0.785. The summed E-state index contributed by atoms with van der Waals surface area (Å²) in [5.41, 5.74) is 3.00. The van der Waals surface area contributed by atoms with Crippen molar-refractivity contribution in [1.29, 1.82) is 0 Å². The molecule has 0 spiro atoms. The summed E-state index contributed by atoms with van der Waals surface area (Å²) >= 11 is 0. The van der Waals surface area contributed by atoms with Gasteiger partial charge in [0.05, 0.1) is 14.2 Å². The van der Waals surface area contributed by atoms with Gasteiger partial charge in [0.1, 0.15) is 29.1 Å². The molecule has 1 heterocycles. The summed E-state index contributed by atoms with van der Waals surface area (Å²) in [7, 11) is 3.24. The summed E-state index contributed by atoms with van der Waals surface area (Å²) < 4.78 is 10.4. The van der Waals surface area contributed by atoms with Gasteiger partial charge in [-0.2, -0.15) is 0 Å². The van der Waals surface area contributed by atoms with Crippen molar-refractivity contribution < 1.29 is 14.6 Å². The number of hydrogen-bond donors (Lipinski definition) is 2. The van der Waals surface area contributed by atoms with E-state index in [9.17, 15) is 5.11 Å². The molecule has 0 aliphatic rings. The van der Waals surface area contributed by atoms with Gasteiger partial charge < -0.3 is 19.9 Å². The minimum absolute atomic E-state index is 0.253. The number of anilines is 1. The zero-order chi connectivity index (χ0) is 18.5. The monoisotopic (exact) mass is 352 g/mol. The average Bonchev–Trinajstić information content (AvgIpc) is 2.68. The smallest absolute Gasteiger partial charge is 0.245 e. The van der Waals surface area contributed by atoms with Crippen LogP contribution in [-0.2, 0) is 0 Å². The molecule has 134 valence electrons. The molecule has 26 heavy (non-hydrogen) atoms. The molecule has 0 aliphatic carbocycles. The first kappa shape index (κ1) is 17.6. The molecular weight excluding hydrogens is 332 g/mol. The normalized spacial score (nSPS) is 11.7. The van der Waals surface area contributed by atoms with E-state index in [1.165, 1.54) is 0 Å². The van der Waals surface area contributed by atoms with E-state index < -0.39 is 6.23 Å². The third-order valence-electron chi connectivity index (χ3n) is 3.75. The molecule has 0 radical (unpaired) electrons. The van der Waals surface area contributed by atoms with Gasteiger partial charge in [-0.3, -0.25) is 0 Å². The van der Waals surface area contributed by atoms with Crippen molar-refractivity contribution in [2.24, 2.45) is 0 Å². The Bertz CT molecular complexity index is 865. The molecule has 0 bridgehead atoms. The van der Waals surface area contributed by atoms with E-state index in [1.54, 1.807) is 21.1 Å². The number of hydrogen-bond acceptors (Lipinski definition) is 7. The Balaban J connectivity index is 2.09. The SMILES string of the molecule is COc1ccc(-c2nnc(NC(C)O)nc2-c2ccc(OC)cc2)cc1. The van der Waals surface area contributed by atoms with Gasteiger partial charge in [0.15, 0.2) is 0 Å². The Labute approximate surface area is 151 Å². The van der Waals surface area contributed by atoms with Crippen molar-refractivity contribution in [3.05, 3.63) is 48.5 Å². The largest absolute Gasteiger partial charge is 0.497 e. The molecule has 1 unspecified atom stereocenters. The van der Waals surface area contributed by atoms with Crippen LogP contribution in [0, 0.1) is 0 Å². The van der Waals surface area contributed by atoms with E-state index in [4.69, 9.17) is 9.47 Å². The second-order valence-electron chi connectivity index (χ2n) is 5.61. The fourth-order valence-corrected chi connectivity index (χ4v) is 2.47. The molecule has 2 aromatic carbocycles. The highest BCUT2D eigenvalue weighted by atomic mass is 16.5. The zero-order valence-corrected chi connectivity index (χ0v) is 14.8. The minimum atomic E-state index is -0.785. The number of benzene rings is 2. The predicted molar refractivity (Wildman–Crippen MR) is 99.1 cm³/mol. The predicted octanol–water partition coefficient (Wildman–Crippen LogP) is 2.97. The summed E-state index contributed by atoms with van der Waals surface area (Å²) in [5.74, 6) is 1.76. The second-order valence-corrected chi connectivity index (χ2v) is 5.61. The Hall–Kier alpha value is -3.19. The topological polar surface area (TPSA) is 89.4 Å². The van der Waals surface area contributed by atoms with Crippen LogP contribution in [0.3, 0.4) is 0 Å². The molecule has 7 nitrogen and oxygen atoms in total. The summed E-state index contributed by atoms with van der Waals surface area (Å²) in [5, 5.41) is 20.7. The molecule has 0 aliphatic heterocycles. The van der Waals surface area contributed by atoms with Gasteiger partial charge in [-0.15, -0.1) is 10.2 Å². The van der Waals surface area contributed by atoms with Crippen LogP contribution in [0.15, 0.2) is 48.5 Å². The van der Waals surface area contributed by atoms with E-state index in [1.807, 2.05) is 48.5 Å². The number of ether oxygens (including phenoxy) is 2. The van der Waals surface area contributed by atoms with Gasteiger partial charge in [-0.25, -0.2) is 4.98 Å². The summed E-state index contributed by atoms with van der Waals surface area (Å²) in [6, 6.07) is 15.0. The van der Waals surface area contributed by atoms with Gasteiger partial charge in [-0.05, 0) is 55.5 Å². The third kappa shape index (κ3) is 3.89. The number of nitrogens with zero attached hydrogens (tertiary/aromatic N) is 3. The molecule has 1 aromatic heterocycles. The van der Waals surface area contributed by atoms with Crippen molar-refractivity contribution in [1.82, 2.24) is 15.2 Å². The van der Waals surface area contributed by atoms with Crippen molar-refractivity contribution >= 4 is 5.95 Å². The molecule has 7 heteroatoms. The first-order chi connectivity index (χ1) is 12.6. The standard InChI is InChI=1S/C19H20N4O3/c1-12(24)20-19-21-17(13-4-8-15(25-2)9-5-13)18(22-23-19)14-6-10-16(26-3)11-7-14/h4-12,24H,1-3H3,(H,20,21,23). The van der Waals surface area contributed by atoms with E-state index in [-0.39, 0.29) is 5.95 Å². The molecule has 1 atom stereocenters. The molecule has 3 rings (SSSR count). The number of aromatic nitrogens is 3. The van der Waals surface area contributed by atoms with Gasteiger partial charge in [0, 0.05) is 11.1 Å². The summed E-state index contributed by atoms with van der Waals surface area (Å²) in [6.45, 7) is 1.59. The van der Waals surface area contributed by atoms with Crippen LogP contribution in [0.1, 0.15) is 6.92 Å². The Morgan fingerprint density at radius 1 is 0.808 bits per heavy atom. The highest BCUT2D eigenvalue weighted by Gasteiger charge is 2.14. The Kier molecular flexibility index (Phi) is 5.28.